The highest BCUT2D eigenvalue weighted by Crippen LogP contribution is 2.40. The van der Waals surface area contributed by atoms with E-state index in [9.17, 15) is 5.11 Å². The molecule has 4 rings (SSSR count). The number of aromatic hydroxyl groups is 1. The predicted octanol–water partition coefficient (Wildman–Crippen LogP) is 5.05. The first-order chi connectivity index (χ1) is 13.6. The van der Waals surface area contributed by atoms with Gasteiger partial charge in [-0.3, -0.25) is 0 Å². The Morgan fingerprint density at radius 3 is 2.39 bits per heavy atom. The normalized spacial score (nSPS) is 11.6. The summed E-state index contributed by atoms with van der Waals surface area (Å²) in [5, 5.41) is 17.5. The Morgan fingerprint density at radius 2 is 1.68 bits per heavy atom. The van der Waals surface area contributed by atoms with Crippen LogP contribution in [-0.4, -0.2) is 30.6 Å². The maximum absolute atomic E-state index is 10.8. The standard InChI is InChI=1S/C23H25N3OS/c1-16-21(27)19-13-8-7-12-18(19)20-22(16)28-23(24-17-10-5-4-6-11-17)26(20)15-9-14-25(2)3/h4-8,10-13,27H,9,14-15H2,1-3H3/p+1. The van der Waals surface area contributed by atoms with E-state index in [1.54, 1.807) is 11.3 Å². The van der Waals surface area contributed by atoms with E-state index in [1.165, 1.54) is 5.52 Å². The molecular formula is C23H26N3OS+. The molecule has 0 aliphatic heterocycles. The van der Waals surface area contributed by atoms with Gasteiger partial charge in [0.05, 0.1) is 11.2 Å². The molecule has 1 heterocycles. The molecule has 0 aliphatic carbocycles. The lowest BCUT2D eigenvalue weighted by atomic mass is 10.0. The summed E-state index contributed by atoms with van der Waals surface area (Å²) in [6.45, 7) is 3.96. The van der Waals surface area contributed by atoms with Crippen LogP contribution in [0, 0.1) is 6.92 Å². The molecule has 28 heavy (non-hydrogen) atoms. The van der Waals surface area contributed by atoms with E-state index < -0.39 is 0 Å². The fourth-order valence-corrected chi connectivity index (χ4v) is 4.87. The number of phenols is 1. The number of anilines is 2. The number of nitrogens with one attached hydrogen (secondary N) is 1. The topological polar surface area (TPSA) is 39.4 Å². The second kappa shape index (κ2) is 7.78. The van der Waals surface area contributed by atoms with Crippen molar-refractivity contribution in [2.24, 2.45) is 0 Å². The Labute approximate surface area is 169 Å². The van der Waals surface area contributed by atoms with Gasteiger partial charge in [0.1, 0.15) is 11.4 Å². The first-order valence-electron chi connectivity index (χ1n) is 9.59. The van der Waals surface area contributed by atoms with Gasteiger partial charge in [-0.25, -0.2) is 9.88 Å². The van der Waals surface area contributed by atoms with E-state index in [4.69, 9.17) is 0 Å². The summed E-state index contributed by atoms with van der Waals surface area (Å²) in [5.74, 6) is 0.385. The number of aryl methyl sites for hydroxylation is 2. The van der Waals surface area contributed by atoms with Gasteiger partial charge < -0.3 is 10.0 Å². The van der Waals surface area contributed by atoms with Crippen LogP contribution in [-0.2, 0) is 6.54 Å². The molecule has 1 aromatic heterocycles. The van der Waals surface area contributed by atoms with Gasteiger partial charge in [-0.1, -0.05) is 36.4 Å². The van der Waals surface area contributed by atoms with Crippen molar-refractivity contribution in [1.29, 1.82) is 0 Å². The van der Waals surface area contributed by atoms with Crippen LogP contribution in [0.1, 0.15) is 12.0 Å². The molecule has 0 saturated heterocycles. The number of hydrogen-bond donors (Lipinski definition) is 2. The van der Waals surface area contributed by atoms with Gasteiger partial charge >= 0.3 is 5.13 Å². The summed E-state index contributed by atoms with van der Waals surface area (Å²) >= 11 is 1.71. The Kier molecular flexibility index (Phi) is 5.20. The highest BCUT2D eigenvalue weighted by Gasteiger charge is 2.24. The third-order valence-electron chi connectivity index (χ3n) is 5.07. The van der Waals surface area contributed by atoms with Crippen LogP contribution < -0.4 is 9.88 Å². The summed E-state index contributed by atoms with van der Waals surface area (Å²) < 4.78 is 3.52. The molecule has 0 radical (unpaired) electrons. The smallest absolute Gasteiger partial charge is 0.340 e. The van der Waals surface area contributed by atoms with E-state index in [0.717, 1.165) is 51.4 Å². The van der Waals surface area contributed by atoms with Crippen molar-refractivity contribution in [3.8, 4) is 5.75 Å². The number of nitrogens with zero attached hydrogens (tertiary/aromatic N) is 2. The first-order valence-corrected chi connectivity index (χ1v) is 10.4. The largest absolute Gasteiger partial charge is 0.507 e. The number of thiazole rings is 1. The number of benzene rings is 3. The molecule has 4 nitrogen and oxygen atoms in total. The molecule has 0 aliphatic rings. The van der Waals surface area contributed by atoms with Crippen molar-refractivity contribution in [3.05, 3.63) is 60.2 Å². The number of aromatic nitrogens is 1. The van der Waals surface area contributed by atoms with Crippen molar-refractivity contribution in [2.75, 3.05) is 26.0 Å². The average molecular weight is 393 g/mol. The molecule has 144 valence electrons. The molecule has 0 fully saturated rings. The van der Waals surface area contributed by atoms with Gasteiger partial charge in [0.25, 0.3) is 0 Å². The zero-order valence-corrected chi connectivity index (χ0v) is 17.4. The number of para-hydroxylation sites is 1. The van der Waals surface area contributed by atoms with Gasteiger partial charge in [-0.2, -0.15) is 0 Å². The Hall–Kier alpha value is -2.63. The van der Waals surface area contributed by atoms with Gasteiger partial charge in [-0.05, 0) is 57.0 Å². The van der Waals surface area contributed by atoms with Gasteiger partial charge in [0.2, 0.25) is 0 Å². The molecule has 0 unspecified atom stereocenters. The zero-order chi connectivity index (χ0) is 19.7. The summed E-state index contributed by atoms with van der Waals surface area (Å²) in [4.78, 5) is 2.22. The summed E-state index contributed by atoms with van der Waals surface area (Å²) in [6.07, 6.45) is 1.06. The minimum Gasteiger partial charge on any atom is -0.507 e. The third kappa shape index (κ3) is 3.43. The van der Waals surface area contributed by atoms with E-state index in [1.807, 2.05) is 43.3 Å². The third-order valence-corrected chi connectivity index (χ3v) is 6.29. The lowest BCUT2D eigenvalue weighted by Crippen LogP contribution is -2.36. The van der Waals surface area contributed by atoms with E-state index in [-0.39, 0.29) is 0 Å². The number of fused-ring (bicyclic) bond motifs is 3. The Morgan fingerprint density at radius 1 is 1.00 bits per heavy atom. The first kappa shape index (κ1) is 18.7. The molecule has 0 atom stereocenters. The number of phenolic OH excluding ortho intramolecular Hbond substituents is 1. The van der Waals surface area contributed by atoms with Crippen LogP contribution in [0.15, 0.2) is 54.6 Å². The van der Waals surface area contributed by atoms with E-state index in [0.29, 0.717) is 5.75 Å². The Bertz CT molecular complexity index is 1120. The summed E-state index contributed by atoms with van der Waals surface area (Å²) in [7, 11) is 4.22. The lowest BCUT2D eigenvalue weighted by molar-refractivity contribution is -0.653. The Balaban J connectivity index is 1.92. The second-order valence-electron chi connectivity index (χ2n) is 7.40. The molecule has 2 N–H and O–H groups in total. The quantitative estimate of drug-likeness (QED) is 0.451. The fourth-order valence-electron chi connectivity index (χ4n) is 3.65. The van der Waals surface area contributed by atoms with Crippen molar-refractivity contribution in [1.82, 2.24) is 4.90 Å². The molecule has 5 heteroatoms. The van der Waals surface area contributed by atoms with Crippen molar-refractivity contribution < 1.29 is 9.67 Å². The SMILES string of the molecule is Cc1c(O)c2ccccc2c2c1sc(Nc1ccccc1)[n+]2CCCN(C)C. The van der Waals surface area contributed by atoms with Crippen LogP contribution in [0.2, 0.25) is 0 Å². The maximum Gasteiger partial charge on any atom is 0.340 e. The van der Waals surface area contributed by atoms with Gasteiger partial charge in [0.15, 0.2) is 5.52 Å². The fraction of sp³-hybridized carbons (Fsp3) is 0.261. The maximum atomic E-state index is 10.8. The predicted molar refractivity (Wildman–Crippen MR) is 119 cm³/mol. The average Bonchev–Trinajstić information content (AvgIpc) is 3.05. The molecule has 0 amide bonds. The summed E-state index contributed by atoms with van der Waals surface area (Å²) in [6, 6.07) is 18.4. The van der Waals surface area contributed by atoms with Crippen LogP contribution in [0.5, 0.6) is 5.75 Å². The van der Waals surface area contributed by atoms with Crippen molar-refractivity contribution in [3.63, 3.8) is 0 Å². The van der Waals surface area contributed by atoms with Crippen LogP contribution >= 0.6 is 11.3 Å². The highest BCUT2D eigenvalue weighted by atomic mass is 32.1. The highest BCUT2D eigenvalue weighted by molar-refractivity contribution is 7.22. The summed E-state index contributed by atoms with van der Waals surface area (Å²) in [5.41, 5.74) is 3.22. The minimum atomic E-state index is 0.385. The van der Waals surface area contributed by atoms with Gasteiger partial charge in [-0.15, -0.1) is 0 Å². The van der Waals surface area contributed by atoms with Crippen LogP contribution in [0.25, 0.3) is 21.0 Å². The molecule has 0 bridgehead atoms. The molecule has 0 spiro atoms. The molecule has 0 saturated carbocycles. The number of hydrogen-bond acceptors (Lipinski definition) is 4. The van der Waals surface area contributed by atoms with E-state index >= 15 is 0 Å². The molecule has 3 aromatic carbocycles. The van der Waals surface area contributed by atoms with Crippen LogP contribution in [0.3, 0.4) is 0 Å². The molecular weight excluding hydrogens is 366 g/mol. The van der Waals surface area contributed by atoms with Crippen LogP contribution in [0.4, 0.5) is 10.8 Å². The van der Waals surface area contributed by atoms with E-state index in [2.05, 4.69) is 47.1 Å². The van der Waals surface area contributed by atoms with Crippen molar-refractivity contribution >= 4 is 43.1 Å². The second-order valence-corrected chi connectivity index (χ2v) is 8.40. The zero-order valence-electron chi connectivity index (χ0n) is 16.6. The minimum absolute atomic E-state index is 0.385. The van der Waals surface area contributed by atoms with Gasteiger partial charge in [0, 0.05) is 22.9 Å². The van der Waals surface area contributed by atoms with Crippen molar-refractivity contribution in [2.45, 2.75) is 19.9 Å². The lowest BCUT2D eigenvalue weighted by Gasteiger charge is -2.10. The number of rotatable bonds is 6. The monoisotopic (exact) mass is 392 g/mol. The molecule has 4 aromatic rings.